The molecule has 3 rings (SSSR count). The van der Waals surface area contributed by atoms with Gasteiger partial charge in [-0.1, -0.05) is 0 Å². The van der Waals surface area contributed by atoms with Crippen molar-refractivity contribution in [2.75, 3.05) is 25.0 Å². The molecule has 1 amide bonds. The predicted octanol–water partition coefficient (Wildman–Crippen LogP) is 2.10. The summed E-state index contributed by atoms with van der Waals surface area (Å²) >= 11 is 5.74. The second kappa shape index (κ2) is 8.05. The van der Waals surface area contributed by atoms with E-state index in [0.29, 0.717) is 37.9 Å². The highest BCUT2D eigenvalue weighted by molar-refractivity contribution is 6.28. The molecule has 1 saturated heterocycles. The van der Waals surface area contributed by atoms with Crippen molar-refractivity contribution in [2.24, 2.45) is 0 Å². The maximum absolute atomic E-state index is 12.2. The summed E-state index contributed by atoms with van der Waals surface area (Å²) < 4.78 is 12.9. The molecule has 1 fully saturated rings. The highest BCUT2D eigenvalue weighted by atomic mass is 35.5. The number of carbonyl (C=O) groups is 1. The van der Waals surface area contributed by atoms with Crippen molar-refractivity contribution in [2.45, 2.75) is 39.0 Å². The van der Waals surface area contributed by atoms with Gasteiger partial charge < -0.3 is 19.7 Å². The fraction of sp³-hybridized carbons (Fsp3) is 0.562. The van der Waals surface area contributed by atoms with Crippen LogP contribution in [0.1, 0.15) is 20.8 Å². The lowest BCUT2D eigenvalue weighted by molar-refractivity contribution is -0.0483. The van der Waals surface area contributed by atoms with Crippen molar-refractivity contribution in [3.8, 4) is 0 Å². The molecule has 0 aliphatic carbocycles. The number of hydrogen-bond acceptors (Lipinski definition) is 8. The fourth-order valence-electron chi connectivity index (χ4n) is 2.52. The molecule has 2 aromatic heterocycles. The Hall–Kier alpha value is -2.46. The number of hydrogen-bond donors (Lipinski definition) is 1. The average Bonchev–Trinajstić information content (AvgIpc) is 3.00. The topological polar surface area (TPSA) is 107 Å². The van der Waals surface area contributed by atoms with E-state index in [2.05, 4.69) is 25.4 Å². The molecule has 2 aromatic rings. The number of anilines is 2. The van der Waals surface area contributed by atoms with Crippen molar-refractivity contribution in [1.29, 1.82) is 0 Å². The van der Waals surface area contributed by atoms with Crippen LogP contribution in [0.25, 0.3) is 0 Å². The quantitative estimate of drug-likeness (QED) is 0.838. The van der Waals surface area contributed by atoms with Crippen LogP contribution in [0.2, 0.25) is 5.28 Å². The van der Waals surface area contributed by atoms with Gasteiger partial charge in [0.2, 0.25) is 11.2 Å². The van der Waals surface area contributed by atoms with Crippen LogP contribution in [0.15, 0.2) is 18.7 Å². The number of rotatable bonds is 4. The van der Waals surface area contributed by atoms with Crippen LogP contribution in [0.5, 0.6) is 0 Å². The zero-order valence-electron chi connectivity index (χ0n) is 15.4. The molecule has 0 radical (unpaired) electrons. The van der Waals surface area contributed by atoms with Gasteiger partial charge in [0.05, 0.1) is 37.7 Å². The van der Waals surface area contributed by atoms with E-state index < -0.39 is 5.60 Å². The van der Waals surface area contributed by atoms with Gasteiger partial charge in [-0.2, -0.15) is 10.1 Å². The van der Waals surface area contributed by atoms with Crippen molar-refractivity contribution in [3.05, 3.63) is 24.0 Å². The Morgan fingerprint density at radius 1 is 1.44 bits per heavy atom. The van der Waals surface area contributed by atoms with Gasteiger partial charge in [0, 0.05) is 12.7 Å². The van der Waals surface area contributed by atoms with Gasteiger partial charge in [0.15, 0.2) is 0 Å². The third kappa shape index (κ3) is 5.76. The lowest BCUT2D eigenvalue weighted by Crippen LogP contribution is -2.48. The minimum atomic E-state index is -0.522. The van der Waals surface area contributed by atoms with E-state index in [-0.39, 0.29) is 17.5 Å². The Balaban J connectivity index is 1.56. The van der Waals surface area contributed by atoms with Crippen LogP contribution in [0.4, 0.5) is 16.4 Å². The number of amides is 1. The van der Waals surface area contributed by atoms with E-state index in [1.165, 1.54) is 6.33 Å². The third-order valence-corrected chi connectivity index (χ3v) is 3.80. The second-order valence-electron chi connectivity index (χ2n) is 7.07. The number of aromatic nitrogens is 5. The fourth-order valence-corrected chi connectivity index (χ4v) is 2.65. The Kier molecular flexibility index (Phi) is 5.76. The minimum absolute atomic E-state index is 0.109. The van der Waals surface area contributed by atoms with Crippen molar-refractivity contribution in [1.82, 2.24) is 29.6 Å². The molecule has 146 valence electrons. The maximum atomic E-state index is 12.2. The number of nitrogens with one attached hydrogen (secondary N) is 1. The first kappa shape index (κ1) is 19.3. The first-order valence-electron chi connectivity index (χ1n) is 8.52. The maximum Gasteiger partial charge on any atom is 0.410 e. The molecule has 1 N–H and O–H groups in total. The highest BCUT2D eigenvalue weighted by Crippen LogP contribution is 2.16. The van der Waals surface area contributed by atoms with E-state index in [9.17, 15) is 4.79 Å². The molecule has 3 heterocycles. The van der Waals surface area contributed by atoms with E-state index >= 15 is 0 Å². The normalized spacial score (nSPS) is 17.6. The Bertz CT molecular complexity index is 792. The molecule has 10 nitrogen and oxygen atoms in total. The van der Waals surface area contributed by atoms with Gasteiger partial charge in [-0.3, -0.25) is 4.68 Å². The largest absolute Gasteiger partial charge is 0.444 e. The van der Waals surface area contributed by atoms with Gasteiger partial charge in [-0.15, -0.1) is 0 Å². The number of nitrogens with zero attached hydrogens (tertiary/aromatic N) is 6. The molecular formula is C16H22ClN7O3. The Morgan fingerprint density at radius 2 is 2.26 bits per heavy atom. The van der Waals surface area contributed by atoms with Gasteiger partial charge >= 0.3 is 6.09 Å². The number of halogens is 1. The molecule has 0 saturated carbocycles. The molecule has 1 aliphatic rings. The van der Waals surface area contributed by atoms with Crippen LogP contribution < -0.4 is 5.32 Å². The lowest BCUT2D eigenvalue weighted by Gasteiger charge is -2.34. The van der Waals surface area contributed by atoms with Crippen molar-refractivity contribution >= 4 is 29.3 Å². The van der Waals surface area contributed by atoms with Crippen LogP contribution in [0, 0.1) is 0 Å². The molecule has 0 bridgehead atoms. The summed E-state index contributed by atoms with van der Waals surface area (Å²) in [4.78, 5) is 25.6. The lowest BCUT2D eigenvalue weighted by atomic mass is 10.2. The molecule has 0 aromatic carbocycles. The molecule has 0 spiro atoms. The number of carbonyl (C=O) groups excluding carboxylic acids is 1. The number of ether oxygens (including phenoxy) is 2. The van der Waals surface area contributed by atoms with E-state index in [4.69, 9.17) is 21.1 Å². The summed E-state index contributed by atoms with van der Waals surface area (Å²) in [5.74, 6) is 0.333. The summed E-state index contributed by atoms with van der Waals surface area (Å²) in [7, 11) is 0. The monoisotopic (exact) mass is 395 g/mol. The second-order valence-corrected chi connectivity index (χ2v) is 7.41. The van der Waals surface area contributed by atoms with Crippen molar-refractivity contribution < 1.29 is 14.3 Å². The molecule has 1 unspecified atom stereocenters. The summed E-state index contributed by atoms with van der Waals surface area (Å²) in [6.45, 7) is 7.46. The molecule has 1 aliphatic heterocycles. The Labute approximate surface area is 161 Å². The Morgan fingerprint density at radius 3 is 3.00 bits per heavy atom. The zero-order chi connectivity index (χ0) is 19.4. The van der Waals surface area contributed by atoms with Crippen LogP contribution >= 0.6 is 11.6 Å². The van der Waals surface area contributed by atoms with Crippen LogP contribution in [-0.2, 0) is 16.0 Å². The summed E-state index contributed by atoms with van der Waals surface area (Å²) in [5.41, 5.74) is 0.183. The van der Waals surface area contributed by atoms with Crippen LogP contribution in [-0.4, -0.2) is 67.1 Å². The van der Waals surface area contributed by atoms with Gasteiger partial charge in [-0.05, 0) is 32.4 Å². The predicted molar refractivity (Wildman–Crippen MR) is 97.9 cm³/mol. The average molecular weight is 396 g/mol. The first-order valence-corrected chi connectivity index (χ1v) is 8.90. The van der Waals surface area contributed by atoms with Gasteiger partial charge in [0.1, 0.15) is 11.9 Å². The third-order valence-electron chi connectivity index (χ3n) is 3.61. The van der Waals surface area contributed by atoms with Gasteiger partial charge in [-0.25, -0.2) is 14.8 Å². The summed E-state index contributed by atoms with van der Waals surface area (Å²) in [6.07, 6.45) is 4.26. The smallest absolute Gasteiger partial charge is 0.410 e. The van der Waals surface area contributed by atoms with E-state index in [0.717, 1.165) is 0 Å². The number of morpholine rings is 1. The highest BCUT2D eigenvalue weighted by Gasteiger charge is 2.28. The molecule has 11 heteroatoms. The molecule has 1 atom stereocenters. The first-order chi connectivity index (χ1) is 12.8. The zero-order valence-corrected chi connectivity index (χ0v) is 16.2. The molecule has 27 heavy (non-hydrogen) atoms. The van der Waals surface area contributed by atoms with Gasteiger partial charge in [0.25, 0.3) is 0 Å². The summed E-state index contributed by atoms with van der Waals surface area (Å²) in [6, 6.07) is 0. The van der Waals surface area contributed by atoms with E-state index in [1.54, 1.807) is 22.0 Å². The van der Waals surface area contributed by atoms with Crippen LogP contribution in [0.3, 0.4) is 0 Å². The summed E-state index contributed by atoms with van der Waals surface area (Å²) in [5, 5.41) is 7.40. The SMILES string of the molecule is CC(C)(C)OC(=O)N1CCOC(Cn2cc(Nc3ncnc(Cl)n3)cn2)C1. The van der Waals surface area contributed by atoms with E-state index in [1.807, 2.05) is 20.8 Å². The standard InChI is InChI=1S/C16H22ClN7O3/c1-16(2,3)27-15(25)23-4-5-26-12(8-23)9-24-7-11(6-20-24)21-14-19-10-18-13(17)22-14/h6-7,10,12H,4-5,8-9H2,1-3H3,(H,18,19,21,22). The molecular weight excluding hydrogens is 374 g/mol. The minimum Gasteiger partial charge on any atom is -0.444 e. The van der Waals surface area contributed by atoms with Crippen molar-refractivity contribution in [3.63, 3.8) is 0 Å².